The Balaban J connectivity index is 2.02. The summed E-state index contributed by atoms with van der Waals surface area (Å²) in [4.78, 5) is 14.8. The minimum atomic E-state index is -0.296. The Morgan fingerprint density at radius 3 is 2.44 bits per heavy atom. The Morgan fingerprint density at radius 2 is 1.94 bits per heavy atom. The van der Waals surface area contributed by atoms with Crippen LogP contribution in [-0.4, -0.2) is 36.0 Å². The molecule has 18 heavy (non-hydrogen) atoms. The molecule has 2 saturated heterocycles. The second kappa shape index (κ2) is 5.20. The van der Waals surface area contributed by atoms with E-state index >= 15 is 0 Å². The molecule has 1 unspecified atom stereocenters. The predicted molar refractivity (Wildman–Crippen MR) is 74.5 cm³/mol. The largest absolute Gasteiger partial charge is 0.341 e. The molecular formula is C15H28N2O. The van der Waals surface area contributed by atoms with Crippen LogP contribution in [0.4, 0.5) is 0 Å². The molecule has 1 atom stereocenters. The third-order valence-corrected chi connectivity index (χ3v) is 5.32. The lowest BCUT2D eigenvalue weighted by Crippen LogP contribution is -2.57. The van der Waals surface area contributed by atoms with Gasteiger partial charge in [-0.25, -0.2) is 0 Å². The van der Waals surface area contributed by atoms with E-state index in [0.717, 1.165) is 26.1 Å². The van der Waals surface area contributed by atoms with Gasteiger partial charge in [0, 0.05) is 13.1 Å². The molecule has 2 aliphatic rings. The highest BCUT2D eigenvalue weighted by Crippen LogP contribution is 2.38. The summed E-state index contributed by atoms with van der Waals surface area (Å²) < 4.78 is 0. The van der Waals surface area contributed by atoms with Crippen molar-refractivity contribution in [3.05, 3.63) is 0 Å². The van der Waals surface area contributed by atoms with Gasteiger partial charge in [-0.3, -0.25) is 4.79 Å². The Hall–Kier alpha value is -0.570. The Bertz CT molecular complexity index is 304. The van der Waals surface area contributed by atoms with Crippen molar-refractivity contribution < 1.29 is 4.79 Å². The van der Waals surface area contributed by atoms with Gasteiger partial charge in [0.15, 0.2) is 0 Å². The molecule has 0 bridgehead atoms. The summed E-state index contributed by atoms with van der Waals surface area (Å²) >= 11 is 0. The number of rotatable bonds is 3. The van der Waals surface area contributed by atoms with Crippen molar-refractivity contribution >= 4 is 5.91 Å². The fraction of sp³-hybridized carbons (Fsp3) is 0.933. The number of amides is 1. The summed E-state index contributed by atoms with van der Waals surface area (Å²) in [5, 5.41) is 3.44. The van der Waals surface area contributed by atoms with Crippen LogP contribution in [0.5, 0.6) is 0 Å². The first-order valence-electron chi connectivity index (χ1n) is 7.60. The monoisotopic (exact) mass is 252 g/mol. The highest BCUT2D eigenvalue weighted by atomic mass is 16.2. The van der Waals surface area contributed by atoms with Gasteiger partial charge in [-0.2, -0.15) is 0 Å². The zero-order valence-electron chi connectivity index (χ0n) is 12.2. The van der Waals surface area contributed by atoms with Gasteiger partial charge in [0.1, 0.15) is 0 Å². The lowest BCUT2D eigenvalue weighted by Gasteiger charge is -2.37. The lowest BCUT2D eigenvalue weighted by molar-refractivity contribution is -0.138. The quantitative estimate of drug-likeness (QED) is 0.837. The molecule has 0 aromatic heterocycles. The first-order chi connectivity index (χ1) is 8.55. The molecule has 2 rings (SSSR count). The van der Waals surface area contributed by atoms with Crippen LogP contribution >= 0.6 is 0 Å². The maximum atomic E-state index is 12.7. The molecule has 1 N–H and O–H groups in total. The molecule has 3 nitrogen and oxygen atoms in total. The molecular weight excluding hydrogens is 224 g/mol. The van der Waals surface area contributed by atoms with Gasteiger partial charge in [-0.05, 0) is 57.4 Å². The summed E-state index contributed by atoms with van der Waals surface area (Å²) in [6.45, 7) is 9.53. The molecule has 2 fully saturated rings. The smallest absolute Gasteiger partial charge is 0.242 e. The van der Waals surface area contributed by atoms with Crippen LogP contribution in [0, 0.1) is 5.41 Å². The standard InChI is InChI=1S/C15H28N2O/c1-4-15(5-2)9-11-17(12-15)13(18)14(3)8-6-7-10-16-14/h16H,4-12H2,1-3H3. The molecule has 0 aromatic rings. The van der Waals surface area contributed by atoms with Crippen molar-refractivity contribution in [3.8, 4) is 0 Å². The van der Waals surface area contributed by atoms with Gasteiger partial charge in [0.25, 0.3) is 0 Å². The molecule has 2 heterocycles. The van der Waals surface area contributed by atoms with Crippen LogP contribution < -0.4 is 5.32 Å². The van der Waals surface area contributed by atoms with Crippen LogP contribution in [0.15, 0.2) is 0 Å². The van der Waals surface area contributed by atoms with E-state index in [2.05, 4.69) is 31.0 Å². The van der Waals surface area contributed by atoms with E-state index in [1.807, 2.05) is 0 Å². The van der Waals surface area contributed by atoms with Crippen LogP contribution in [0.25, 0.3) is 0 Å². The van der Waals surface area contributed by atoms with Gasteiger partial charge in [0.05, 0.1) is 5.54 Å². The SMILES string of the molecule is CCC1(CC)CCN(C(=O)C2(C)CCCCN2)C1. The zero-order chi connectivity index (χ0) is 13.2. The maximum absolute atomic E-state index is 12.7. The van der Waals surface area contributed by atoms with Gasteiger partial charge < -0.3 is 10.2 Å². The minimum Gasteiger partial charge on any atom is -0.341 e. The average molecular weight is 252 g/mol. The van der Waals surface area contributed by atoms with Crippen molar-refractivity contribution in [2.75, 3.05) is 19.6 Å². The van der Waals surface area contributed by atoms with Crippen LogP contribution in [0.3, 0.4) is 0 Å². The van der Waals surface area contributed by atoms with Crippen LogP contribution in [-0.2, 0) is 4.79 Å². The normalized spacial score (nSPS) is 31.6. The molecule has 0 aliphatic carbocycles. The average Bonchev–Trinajstić information content (AvgIpc) is 2.84. The van der Waals surface area contributed by atoms with Crippen molar-refractivity contribution in [1.29, 1.82) is 0 Å². The summed E-state index contributed by atoms with van der Waals surface area (Å²) in [5.74, 6) is 0.339. The minimum absolute atomic E-state index is 0.296. The second-order valence-electron chi connectivity index (χ2n) is 6.40. The van der Waals surface area contributed by atoms with E-state index in [-0.39, 0.29) is 5.54 Å². The molecule has 0 spiro atoms. The van der Waals surface area contributed by atoms with Crippen LogP contribution in [0.1, 0.15) is 59.3 Å². The van der Waals surface area contributed by atoms with Crippen molar-refractivity contribution in [1.82, 2.24) is 10.2 Å². The van der Waals surface area contributed by atoms with Crippen molar-refractivity contribution in [2.45, 2.75) is 64.8 Å². The molecule has 3 heteroatoms. The summed E-state index contributed by atoms with van der Waals surface area (Å²) in [5.41, 5.74) is 0.0937. The fourth-order valence-corrected chi connectivity index (χ4v) is 3.52. The number of hydrogen-bond acceptors (Lipinski definition) is 2. The van der Waals surface area contributed by atoms with Crippen molar-refractivity contribution in [2.24, 2.45) is 5.41 Å². The first-order valence-corrected chi connectivity index (χ1v) is 7.60. The van der Waals surface area contributed by atoms with Crippen molar-refractivity contribution in [3.63, 3.8) is 0 Å². The van der Waals surface area contributed by atoms with Crippen LogP contribution in [0.2, 0.25) is 0 Å². The van der Waals surface area contributed by atoms with E-state index in [1.165, 1.54) is 32.1 Å². The van der Waals surface area contributed by atoms with Gasteiger partial charge in [-0.1, -0.05) is 13.8 Å². The highest BCUT2D eigenvalue weighted by Gasteiger charge is 2.43. The first kappa shape index (κ1) is 13.9. The molecule has 0 saturated carbocycles. The second-order valence-corrected chi connectivity index (χ2v) is 6.40. The molecule has 1 amide bonds. The lowest BCUT2D eigenvalue weighted by atomic mass is 9.82. The van der Waals surface area contributed by atoms with Gasteiger partial charge in [-0.15, -0.1) is 0 Å². The number of carbonyl (C=O) groups excluding carboxylic acids is 1. The Kier molecular flexibility index (Phi) is 4.00. The fourth-order valence-electron chi connectivity index (χ4n) is 3.52. The molecule has 2 aliphatic heterocycles. The third-order valence-electron chi connectivity index (χ3n) is 5.32. The Labute approximate surface area is 111 Å². The predicted octanol–water partition coefficient (Wildman–Crippen LogP) is 2.56. The van der Waals surface area contributed by atoms with E-state index in [0.29, 0.717) is 11.3 Å². The molecule has 0 radical (unpaired) electrons. The maximum Gasteiger partial charge on any atom is 0.242 e. The summed E-state index contributed by atoms with van der Waals surface area (Å²) in [7, 11) is 0. The number of likely N-dealkylation sites (tertiary alicyclic amines) is 1. The topological polar surface area (TPSA) is 32.3 Å². The molecule has 0 aromatic carbocycles. The number of piperidine rings is 1. The Morgan fingerprint density at radius 1 is 1.22 bits per heavy atom. The number of hydrogen-bond donors (Lipinski definition) is 1. The number of nitrogens with zero attached hydrogens (tertiary/aromatic N) is 1. The highest BCUT2D eigenvalue weighted by molar-refractivity contribution is 5.86. The van der Waals surface area contributed by atoms with Gasteiger partial charge in [0.2, 0.25) is 5.91 Å². The molecule has 104 valence electrons. The number of nitrogens with one attached hydrogen (secondary N) is 1. The van der Waals surface area contributed by atoms with Gasteiger partial charge >= 0.3 is 0 Å². The zero-order valence-corrected chi connectivity index (χ0v) is 12.2. The van der Waals surface area contributed by atoms with E-state index in [9.17, 15) is 4.79 Å². The van der Waals surface area contributed by atoms with E-state index in [4.69, 9.17) is 0 Å². The van der Waals surface area contributed by atoms with E-state index in [1.54, 1.807) is 0 Å². The summed E-state index contributed by atoms with van der Waals surface area (Å²) in [6.07, 6.45) is 6.94. The summed E-state index contributed by atoms with van der Waals surface area (Å²) in [6, 6.07) is 0. The number of carbonyl (C=O) groups is 1. The third kappa shape index (κ3) is 2.42. The van der Waals surface area contributed by atoms with E-state index < -0.39 is 0 Å².